The number of fused-ring (bicyclic) bond motifs is 1. The highest BCUT2D eigenvalue weighted by molar-refractivity contribution is 6.03. The second-order valence-electron chi connectivity index (χ2n) is 10.5. The first kappa shape index (κ1) is 22.9. The Bertz CT molecular complexity index is 1560. The Kier molecular flexibility index (Phi) is 5.72. The Balaban J connectivity index is 1.65. The van der Waals surface area contributed by atoms with E-state index in [2.05, 4.69) is 112 Å². The summed E-state index contributed by atoms with van der Waals surface area (Å²) in [5.74, 6) is 0. The quantitative estimate of drug-likeness (QED) is 0.274. The third-order valence-corrected chi connectivity index (χ3v) is 6.90. The molecule has 0 N–H and O–H groups in total. The molecule has 3 nitrogen and oxygen atoms in total. The lowest BCUT2D eigenvalue weighted by Crippen LogP contribution is -2.11. The summed E-state index contributed by atoms with van der Waals surface area (Å²) in [7, 11) is 0. The summed E-state index contributed by atoms with van der Waals surface area (Å²) < 4.78 is 0. The van der Waals surface area contributed by atoms with Gasteiger partial charge in [0.15, 0.2) is 0 Å². The molecule has 0 atom stereocenters. The van der Waals surface area contributed by atoms with Crippen molar-refractivity contribution in [2.45, 2.75) is 47.0 Å². The minimum absolute atomic E-state index is 0.0741. The first-order valence-corrected chi connectivity index (χ1v) is 12.1. The Morgan fingerprint density at radius 1 is 0.657 bits per heavy atom. The summed E-state index contributed by atoms with van der Waals surface area (Å²) >= 11 is 0. The number of hydrogen-bond donors (Lipinski definition) is 0. The van der Waals surface area contributed by atoms with Gasteiger partial charge in [-0.25, -0.2) is 9.97 Å². The predicted octanol–water partition coefficient (Wildman–Crippen LogP) is 8.25. The second-order valence-corrected chi connectivity index (χ2v) is 10.5. The Labute approximate surface area is 207 Å². The normalized spacial score (nSPS) is 11.7. The summed E-state index contributed by atoms with van der Waals surface area (Å²) in [6, 6.07) is 21.8. The molecule has 0 fully saturated rings. The van der Waals surface area contributed by atoms with Crippen molar-refractivity contribution in [1.29, 1.82) is 0 Å². The van der Waals surface area contributed by atoms with Crippen molar-refractivity contribution < 1.29 is 0 Å². The van der Waals surface area contributed by atoms with E-state index in [1.54, 1.807) is 6.33 Å². The summed E-state index contributed by atoms with van der Waals surface area (Å²) in [5.41, 5.74) is 12.9. The van der Waals surface area contributed by atoms with Crippen LogP contribution in [0, 0.1) is 20.8 Å². The Morgan fingerprint density at radius 3 is 2.20 bits per heavy atom. The molecule has 2 aromatic heterocycles. The molecule has 0 spiro atoms. The lowest BCUT2D eigenvalue weighted by molar-refractivity contribution is 0.589. The lowest BCUT2D eigenvalue weighted by atomic mass is 9.86. The van der Waals surface area contributed by atoms with Crippen molar-refractivity contribution in [3.8, 4) is 33.5 Å². The predicted molar refractivity (Wildman–Crippen MR) is 147 cm³/mol. The summed E-state index contributed by atoms with van der Waals surface area (Å²) in [6.07, 6.45) is 5.49. The molecule has 3 heteroatoms. The second kappa shape index (κ2) is 8.74. The van der Waals surface area contributed by atoms with Crippen LogP contribution < -0.4 is 0 Å². The molecule has 5 aromatic rings. The third-order valence-electron chi connectivity index (χ3n) is 6.90. The summed E-state index contributed by atoms with van der Waals surface area (Å²) in [4.78, 5) is 13.8. The fourth-order valence-corrected chi connectivity index (χ4v) is 4.70. The fraction of sp³-hybridized carbons (Fsp3) is 0.219. The zero-order valence-electron chi connectivity index (χ0n) is 21.3. The number of aryl methyl sites for hydroxylation is 3. The molecule has 2 heterocycles. The topological polar surface area (TPSA) is 38.7 Å². The molecule has 0 aliphatic heterocycles. The monoisotopic (exact) mass is 457 g/mol. The van der Waals surface area contributed by atoms with Crippen molar-refractivity contribution in [2.24, 2.45) is 0 Å². The van der Waals surface area contributed by atoms with Crippen molar-refractivity contribution in [1.82, 2.24) is 15.0 Å². The molecule has 0 saturated carbocycles. The van der Waals surface area contributed by atoms with E-state index in [4.69, 9.17) is 4.98 Å². The molecular weight excluding hydrogens is 426 g/mol. The number of rotatable bonds is 3. The van der Waals surface area contributed by atoms with E-state index in [-0.39, 0.29) is 5.41 Å². The van der Waals surface area contributed by atoms with Gasteiger partial charge in [0.25, 0.3) is 0 Å². The van der Waals surface area contributed by atoms with E-state index in [0.717, 1.165) is 33.3 Å². The van der Waals surface area contributed by atoms with Gasteiger partial charge in [0.2, 0.25) is 0 Å². The van der Waals surface area contributed by atoms with Crippen molar-refractivity contribution in [3.63, 3.8) is 0 Å². The Hall–Kier alpha value is -3.85. The average Bonchev–Trinajstić information content (AvgIpc) is 2.85. The van der Waals surface area contributed by atoms with Crippen molar-refractivity contribution in [2.75, 3.05) is 0 Å². The molecule has 0 aliphatic carbocycles. The molecule has 3 aromatic carbocycles. The highest BCUT2D eigenvalue weighted by Gasteiger charge is 2.16. The van der Waals surface area contributed by atoms with Crippen LogP contribution in [0.2, 0.25) is 0 Å². The zero-order chi connectivity index (χ0) is 24.7. The van der Waals surface area contributed by atoms with Crippen molar-refractivity contribution in [3.05, 3.63) is 102 Å². The van der Waals surface area contributed by atoms with E-state index in [1.165, 1.54) is 33.4 Å². The van der Waals surface area contributed by atoms with E-state index in [1.807, 2.05) is 12.4 Å². The molecule has 0 radical (unpaired) electrons. The third kappa shape index (κ3) is 4.35. The molecule has 0 unspecified atom stereocenters. The van der Waals surface area contributed by atoms with Crippen LogP contribution in [0.1, 0.15) is 43.0 Å². The van der Waals surface area contributed by atoms with E-state index < -0.39 is 0 Å². The van der Waals surface area contributed by atoms with E-state index >= 15 is 0 Å². The van der Waals surface area contributed by atoms with Crippen LogP contribution in [0.4, 0.5) is 0 Å². The number of benzene rings is 3. The van der Waals surface area contributed by atoms with Gasteiger partial charge in [-0.15, -0.1) is 0 Å². The molecule has 0 bridgehead atoms. The smallest absolute Gasteiger partial charge is 0.116 e. The summed E-state index contributed by atoms with van der Waals surface area (Å²) in [5, 5.41) is 1.06. The molecule has 0 amide bonds. The Morgan fingerprint density at radius 2 is 1.40 bits per heavy atom. The maximum Gasteiger partial charge on any atom is 0.116 e. The van der Waals surface area contributed by atoms with Gasteiger partial charge in [0, 0.05) is 28.9 Å². The van der Waals surface area contributed by atoms with Crippen LogP contribution >= 0.6 is 0 Å². The standard InChI is InChI=1S/C32H31N3/c1-20-14-22(3)28(15-21(20)2)27-11-10-26(31-29(27)18-33-19-35-31)23-8-7-9-24(16-23)30-17-25(12-13-34-30)32(4,5)6/h7-19H,1-6H3. The molecule has 174 valence electrons. The molecular formula is C32H31N3. The highest BCUT2D eigenvalue weighted by atomic mass is 14.8. The number of pyridine rings is 1. The van der Waals surface area contributed by atoms with Crippen molar-refractivity contribution >= 4 is 10.9 Å². The van der Waals surface area contributed by atoms with Crippen LogP contribution in [0.3, 0.4) is 0 Å². The van der Waals surface area contributed by atoms with Gasteiger partial charge in [-0.3, -0.25) is 4.98 Å². The first-order chi connectivity index (χ1) is 16.7. The molecule has 0 saturated heterocycles. The molecule has 0 aliphatic rings. The van der Waals surface area contributed by atoms with Gasteiger partial charge >= 0.3 is 0 Å². The minimum atomic E-state index is 0.0741. The van der Waals surface area contributed by atoms with Crippen LogP contribution in [-0.2, 0) is 5.41 Å². The van der Waals surface area contributed by atoms with Gasteiger partial charge in [0.1, 0.15) is 6.33 Å². The fourth-order valence-electron chi connectivity index (χ4n) is 4.70. The first-order valence-electron chi connectivity index (χ1n) is 12.1. The minimum Gasteiger partial charge on any atom is -0.256 e. The van der Waals surface area contributed by atoms with E-state index in [9.17, 15) is 0 Å². The number of aromatic nitrogens is 3. The van der Waals surface area contributed by atoms with Gasteiger partial charge in [-0.1, -0.05) is 63.2 Å². The summed E-state index contributed by atoms with van der Waals surface area (Å²) in [6.45, 7) is 13.2. The largest absolute Gasteiger partial charge is 0.256 e. The number of nitrogens with zero attached hydrogens (tertiary/aromatic N) is 3. The van der Waals surface area contributed by atoms with Crippen LogP contribution in [0.25, 0.3) is 44.4 Å². The van der Waals surface area contributed by atoms with E-state index in [0.29, 0.717) is 0 Å². The van der Waals surface area contributed by atoms with Gasteiger partial charge in [0.05, 0.1) is 11.2 Å². The van der Waals surface area contributed by atoms with Crippen LogP contribution in [-0.4, -0.2) is 15.0 Å². The maximum absolute atomic E-state index is 4.74. The molecule has 5 rings (SSSR count). The van der Waals surface area contributed by atoms with Gasteiger partial charge in [-0.05, 0) is 83.3 Å². The van der Waals surface area contributed by atoms with Gasteiger partial charge < -0.3 is 0 Å². The number of hydrogen-bond acceptors (Lipinski definition) is 3. The zero-order valence-corrected chi connectivity index (χ0v) is 21.3. The maximum atomic E-state index is 4.74. The average molecular weight is 458 g/mol. The highest BCUT2D eigenvalue weighted by Crippen LogP contribution is 2.37. The van der Waals surface area contributed by atoms with Crippen LogP contribution in [0.15, 0.2) is 79.4 Å². The van der Waals surface area contributed by atoms with Gasteiger partial charge in [-0.2, -0.15) is 0 Å². The van der Waals surface area contributed by atoms with Crippen LogP contribution in [0.5, 0.6) is 0 Å². The lowest BCUT2D eigenvalue weighted by Gasteiger charge is -2.19. The SMILES string of the molecule is Cc1cc(C)c(-c2ccc(-c3cccc(-c4cc(C(C)(C)C)ccn4)c3)c3ncncc23)cc1C. The molecule has 35 heavy (non-hydrogen) atoms.